The third-order valence-electron chi connectivity index (χ3n) is 4.21. The summed E-state index contributed by atoms with van der Waals surface area (Å²) in [7, 11) is 0. The molecule has 1 fully saturated rings. The SMILES string of the molecule is O=C(Cn1ncn2c(cc3occc32)c1=O)N1CCCCC1. The Bertz CT molecular complexity index is 898. The summed E-state index contributed by atoms with van der Waals surface area (Å²) in [4.78, 5) is 26.6. The first-order valence-electron chi connectivity index (χ1n) is 7.46. The molecule has 0 bridgehead atoms. The van der Waals surface area contributed by atoms with Gasteiger partial charge in [0.1, 0.15) is 18.4 Å². The second-order valence-electron chi connectivity index (χ2n) is 5.60. The smallest absolute Gasteiger partial charge is 0.291 e. The van der Waals surface area contributed by atoms with Gasteiger partial charge >= 0.3 is 0 Å². The number of amides is 1. The van der Waals surface area contributed by atoms with Gasteiger partial charge in [-0.1, -0.05) is 0 Å². The van der Waals surface area contributed by atoms with Gasteiger partial charge in [0, 0.05) is 25.2 Å². The highest BCUT2D eigenvalue weighted by atomic mass is 16.3. The number of piperidine rings is 1. The summed E-state index contributed by atoms with van der Waals surface area (Å²) in [6.07, 6.45) is 6.35. The molecular formula is C15H16N4O3. The molecule has 4 rings (SSSR count). The maximum absolute atomic E-state index is 12.5. The first-order chi connectivity index (χ1) is 10.7. The van der Waals surface area contributed by atoms with E-state index in [4.69, 9.17) is 4.42 Å². The van der Waals surface area contributed by atoms with Gasteiger partial charge in [-0.2, -0.15) is 5.10 Å². The summed E-state index contributed by atoms with van der Waals surface area (Å²) in [5.41, 5.74) is 1.63. The van der Waals surface area contributed by atoms with E-state index in [2.05, 4.69) is 5.10 Å². The zero-order chi connectivity index (χ0) is 15.1. The van der Waals surface area contributed by atoms with Crippen LogP contribution in [0.3, 0.4) is 0 Å². The predicted molar refractivity (Wildman–Crippen MR) is 79.7 cm³/mol. The van der Waals surface area contributed by atoms with Gasteiger partial charge in [0.15, 0.2) is 5.58 Å². The quantitative estimate of drug-likeness (QED) is 0.714. The maximum Gasteiger partial charge on any atom is 0.291 e. The van der Waals surface area contributed by atoms with E-state index in [1.807, 2.05) is 4.90 Å². The molecule has 4 heterocycles. The standard InChI is InChI=1S/C15H16N4O3/c20-14(17-5-2-1-3-6-17)9-19-15(21)12-8-13-11(4-7-22-13)18(12)10-16-19/h4,7-8,10H,1-3,5-6,9H2. The van der Waals surface area contributed by atoms with E-state index in [0.717, 1.165) is 37.9 Å². The predicted octanol–water partition coefficient (Wildman–Crippen LogP) is 1.25. The summed E-state index contributed by atoms with van der Waals surface area (Å²) >= 11 is 0. The summed E-state index contributed by atoms with van der Waals surface area (Å²) in [5.74, 6) is -0.0473. The van der Waals surface area contributed by atoms with E-state index in [1.54, 1.807) is 29.1 Å². The van der Waals surface area contributed by atoms with E-state index < -0.39 is 0 Å². The van der Waals surface area contributed by atoms with Crippen molar-refractivity contribution in [2.24, 2.45) is 0 Å². The Morgan fingerprint density at radius 2 is 2.05 bits per heavy atom. The molecule has 1 amide bonds. The molecule has 1 aliphatic rings. The number of hydrogen-bond acceptors (Lipinski definition) is 4. The van der Waals surface area contributed by atoms with Crippen LogP contribution in [-0.2, 0) is 11.3 Å². The molecule has 0 aromatic carbocycles. The van der Waals surface area contributed by atoms with Crippen molar-refractivity contribution >= 4 is 22.5 Å². The minimum absolute atomic E-state index is 0.0120. The number of likely N-dealkylation sites (tertiary alicyclic amines) is 1. The number of furan rings is 1. The lowest BCUT2D eigenvalue weighted by atomic mass is 10.1. The third-order valence-corrected chi connectivity index (χ3v) is 4.21. The molecule has 0 unspecified atom stereocenters. The lowest BCUT2D eigenvalue weighted by Gasteiger charge is -2.26. The number of nitrogens with zero attached hydrogens (tertiary/aromatic N) is 4. The molecule has 0 N–H and O–H groups in total. The molecule has 7 nitrogen and oxygen atoms in total. The number of hydrogen-bond donors (Lipinski definition) is 0. The zero-order valence-electron chi connectivity index (χ0n) is 12.1. The molecule has 7 heteroatoms. The average Bonchev–Trinajstić information content (AvgIpc) is 3.12. The van der Waals surface area contributed by atoms with Gasteiger partial charge < -0.3 is 9.32 Å². The van der Waals surface area contributed by atoms with Crippen LogP contribution in [0.15, 0.2) is 33.9 Å². The first kappa shape index (κ1) is 13.1. The van der Waals surface area contributed by atoms with Crippen LogP contribution in [0.1, 0.15) is 19.3 Å². The van der Waals surface area contributed by atoms with Crippen molar-refractivity contribution in [3.8, 4) is 0 Å². The third kappa shape index (κ3) is 2.01. The van der Waals surface area contributed by atoms with Crippen LogP contribution in [0.5, 0.6) is 0 Å². The Morgan fingerprint density at radius 3 is 2.86 bits per heavy atom. The fourth-order valence-corrected chi connectivity index (χ4v) is 3.02. The number of carbonyl (C=O) groups is 1. The van der Waals surface area contributed by atoms with Crippen molar-refractivity contribution in [3.05, 3.63) is 35.1 Å². The van der Waals surface area contributed by atoms with Crippen LogP contribution >= 0.6 is 0 Å². The summed E-state index contributed by atoms with van der Waals surface area (Å²) in [6, 6.07) is 3.47. The van der Waals surface area contributed by atoms with Crippen molar-refractivity contribution in [1.82, 2.24) is 19.1 Å². The van der Waals surface area contributed by atoms with Crippen molar-refractivity contribution in [3.63, 3.8) is 0 Å². The van der Waals surface area contributed by atoms with E-state index >= 15 is 0 Å². The van der Waals surface area contributed by atoms with Crippen LogP contribution in [-0.4, -0.2) is 38.1 Å². The molecule has 0 radical (unpaired) electrons. The van der Waals surface area contributed by atoms with Crippen molar-refractivity contribution < 1.29 is 9.21 Å². The van der Waals surface area contributed by atoms with E-state index in [9.17, 15) is 9.59 Å². The Labute approximate surface area is 125 Å². The second-order valence-corrected chi connectivity index (χ2v) is 5.60. The van der Waals surface area contributed by atoms with Gasteiger partial charge in [-0.05, 0) is 19.3 Å². The normalized spacial score (nSPS) is 15.7. The lowest BCUT2D eigenvalue weighted by Crippen LogP contribution is -2.40. The van der Waals surface area contributed by atoms with Crippen LogP contribution in [0.25, 0.3) is 16.6 Å². The highest BCUT2D eigenvalue weighted by molar-refractivity contribution is 5.82. The fraction of sp³-hybridized carbons (Fsp3) is 0.400. The van der Waals surface area contributed by atoms with Gasteiger partial charge in [0.05, 0.1) is 11.8 Å². The topological polar surface area (TPSA) is 72.7 Å². The Balaban J connectivity index is 1.68. The van der Waals surface area contributed by atoms with E-state index in [0.29, 0.717) is 11.1 Å². The molecule has 3 aromatic rings. The molecule has 1 saturated heterocycles. The highest BCUT2D eigenvalue weighted by Crippen LogP contribution is 2.18. The molecule has 1 aliphatic heterocycles. The number of fused-ring (bicyclic) bond motifs is 3. The van der Waals surface area contributed by atoms with Crippen LogP contribution in [0.2, 0.25) is 0 Å². The van der Waals surface area contributed by atoms with Crippen molar-refractivity contribution in [2.45, 2.75) is 25.8 Å². The fourth-order valence-electron chi connectivity index (χ4n) is 3.02. The largest absolute Gasteiger partial charge is 0.463 e. The molecule has 114 valence electrons. The number of rotatable bonds is 2. The molecule has 22 heavy (non-hydrogen) atoms. The van der Waals surface area contributed by atoms with E-state index in [-0.39, 0.29) is 18.0 Å². The minimum atomic E-state index is -0.278. The number of carbonyl (C=O) groups excluding carboxylic acids is 1. The molecule has 3 aromatic heterocycles. The summed E-state index contributed by atoms with van der Waals surface area (Å²) in [5, 5.41) is 4.12. The van der Waals surface area contributed by atoms with Gasteiger partial charge in [-0.25, -0.2) is 4.68 Å². The van der Waals surface area contributed by atoms with Crippen molar-refractivity contribution in [2.75, 3.05) is 13.1 Å². The molecule has 0 atom stereocenters. The van der Waals surface area contributed by atoms with Crippen molar-refractivity contribution in [1.29, 1.82) is 0 Å². The second kappa shape index (κ2) is 5.01. The molecule has 0 spiro atoms. The highest BCUT2D eigenvalue weighted by Gasteiger charge is 2.18. The summed E-state index contributed by atoms with van der Waals surface area (Å²) in [6.45, 7) is 1.53. The van der Waals surface area contributed by atoms with Crippen LogP contribution in [0.4, 0.5) is 0 Å². The first-order valence-corrected chi connectivity index (χ1v) is 7.46. The van der Waals surface area contributed by atoms with E-state index in [1.165, 1.54) is 4.68 Å². The Morgan fingerprint density at radius 1 is 1.23 bits per heavy atom. The van der Waals surface area contributed by atoms with Gasteiger partial charge in [0.2, 0.25) is 5.91 Å². The van der Waals surface area contributed by atoms with Crippen LogP contribution in [0, 0.1) is 0 Å². The molecular weight excluding hydrogens is 284 g/mol. The maximum atomic E-state index is 12.5. The monoisotopic (exact) mass is 300 g/mol. The average molecular weight is 300 g/mol. The zero-order valence-corrected chi connectivity index (χ0v) is 12.1. The summed E-state index contributed by atoms with van der Waals surface area (Å²) < 4.78 is 8.21. The van der Waals surface area contributed by atoms with Gasteiger partial charge in [-0.3, -0.25) is 14.0 Å². The minimum Gasteiger partial charge on any atom is -0.463 e. The molecule has 0 saturated carbocycles. The van der Waals surface area contributed by atoms with Gasteiger partial charge in [0.25, 0.3) is 5.56 Å². The lowest BCUT2D eigenvalue weighted by molar-refractivity contribution is -0.133. The molecule has 0 aliphatic carbocycles. The Kier molecular flexibility index (Phi) is 2.99. The van der Waals surface area contributed by atoms with Crippen LogP contribution < -0.4 is 5.56 Å². The number of aromatic nitrogens is 3. The Hall–Kier alpha value is -2.57. The van der Waals surface area contributed by atoms with Gasteiger partial charge in [-0.15, -0.1) is 0 Å².